The number of ether oxygens (including phenoxy) is 1. The van der Waals surface area contributed by atoms with Crippen molar-refractivity contribution in [2.45, 2.75) is 33.0 Å². The molecule has 1 aromatic rings. The van der Waals surface area contributed by atoms with Crippen molar-refractivity contribution in [3.8, 4) is 0 Å². The Morgan fingerprint density at radius 1 is 1.14 bits per heavy atom. The topological polar surface area (TPSA) is 75.9 Å². The minimum absolute atomic E-state index is 0.0589. The monoisotopic (exact) mass is 307 g/mol. The fraction of sp³-hybridized carbons (Fsp3) is 0.667. The molecule has 0 bridgehead atoms. The average molecular weight is 307 g/mol. The molecule has 7 nitrogen and oxygen atoms in total. The molecule has 120 valence electrons. The van der Waals surface area contributed by atoms with E-state index in [1.807, 2.05) is 18.7 Å². The molecule has 7 heteroatoms. The van der Waals surface area contributed by atoms with Crippen molar-refractivity contribution < 1.29 is 18.8 Å². The van der Waals surface area contributed by atoms with E-state index in [-0.39, 0.29) is 29.9 Å². The molecule has 3 rings (SSSR count). The summed E-state index contributed by atoms with van der Waals surface area (Å²) in [7, 11) is 0. The van der Waals surface area contributed by atoms with Crippen molar-refractivity contribution in [1.29, 1.82) is 0 Å². The zero-order valence-electron chi connectivity index (χ0n) is 13.1. The van der Waals surface area contributed by atoms with Crippen molar-refractivity contribution >= 4 is 11.8 Å². The number of nitrogens with zero attached hydrogens (tertiary/aromatic N) is 3. The van der Waals surface area contributed by atoms with Crippen LogP contribution in [0.2, 0.25) is 0 Å². The molecule has 2 aliphatic heterocycles. The van der Waals surface area contributed by atoms with E-state index in [1.54, 1.807) is 17.9 Å². The van der Waals surface area contributed by atoms with E-state index in [0.717, 1.165) is 0 Å². The number of rotatable bonds is 2. The minimum atomic E-state index is -0.176. The second-order valence-electron chi connectivity index (χ2n) is 6.23. The second-order valence-corrected chi connectivity index (χ2v) is 6.23. The zero-order valence-corrected chi connectivity index (χ0v) is 13.1. The van der Waals surface area contributed by atoms with E-state index in [9.17, 15) is 9.59 Å². The summed E-state index contributed by atoms with van der Waals surface area (Å²) in [4.78, 5) is 28.1. The van der Waals surface area contributed by atoms with Crippen LogP contribution in [0.3, 0.4) is 0 Å². The van der Waals surface area contributed by atoms with E-state index in [2.05, 4.69) is 5.16 Å². The molecule has 2 atom stereocenters. The Balaban J connectivity index is 1.54. The summed E-state index contributed by atoms with van der Waals surface area (Å²) in [5.74, 6) is 0.425. The quantitative estimate of drug-likeness (QED) is 0.803. The molecule has 2 unspecified atom stereocenters. The molecule has 3 heterocycles. The highest BCUT2D eigenvalue weighted by atomic mass is 16.5. The molecule has 0 aliphatic carbocycles. The van der Waals surface area contributed by atoms with Gasteiger partial charge in [0.15, 0.2) is 5.69 Å². The number of aryl methyl sites for hydroxylation is 1. The van der Waals surface area contributed by atoms with E-state index >= 15 is 0 Å². The van der Waals surface area contributed by atoms with Crippen LogP contribution < -0.4 is 0 Å². The van der Waals surface area contributed by atoms with E-state index in [1.165, 1.54) is 0 Å². The third-order valence-corrected chi connectivity index (χ3v) is 4.10. The first-order valence-corrected chi connectivity index (χ1v) is 7.61. The fourth-order valence-corrected chi connectivity index (χ4v) is 3.05. The van der Waals surface area contributed by atoms with Crippen LogP contribution in [0.1, 0.15) is 30.1 Å². The molecule has 0 spiro atoms. The molecule has 2 amide bonds. The smallest absolute Gasteiger partial charge is 0.276 e. The number of carbonyl (C=O) groups excluding carboxylic acids is 2. The van der Waals surface area contributed by atoms with E-state index < -0.39 is 0 Å². The van der Waals surface area contributed by atoms with E-state index in [4.69, 9.17) is 9.26 Å². The Labute approximate surface area is 129 Å². The number of aromatic nitrogens is 1. The van der Waals surface area contributed by atoms with Gasteiger partial charge in [0.1, 0.15) is 5.76 Å². The number of amides is 2. The summed E-state index contributed by atoms with van der Waals surface area (Å²) >= 11 is 0. The van der Waals surface area contributed by atoms with Gasteiger partial charge >= 0.3 is 0 Å². The van der Waals surface area contributed by atoms with Crippen molar-refractivity contribution in [2.24, 2.45) is 5.92 Å². The van der Waals surface area contributed by atoms with Gasteiger partial charge in [0.2, 0.25) is 5.91 Å². The molecule has 2 saturated heterocycles. The average Bonchev–Trinajstić information content (AvgIpc) is 2.82. The molecule has 0 saturated carbocycles. The maximum absolute atomic E-state index is 12.5. The van der Waals surface area contributed by atoms with Crippen LogP contribution in [-0.4, -0.2) is 65.2 Å². The van der Waals surface area contributed by atoms with Gasteiger partial charge in [-0.1, -0.05) is 5.16 Å². The second kappa shape index (κ2) is 5.72. The summed E-state index contributed by atoms with van der Waals surface area (Å²) in [6.07, 6.45) is 0.118. The van der Waals surface area contributed by atoms with Crippen molar-refractivity contribution in [2.75, 3.05) is 26.2 Å². The van der Waals surface area contributed by atoms with Crippen LogP contribution in [0.4, 0.5) is 0 Å². The van der Waals surface area contributed by atoms with Crippen LogP contribution >= 0.6 is 0 Å². The summed E-state index contributed by atoms with van der Waals surface area (Å²) in [5, 5.41) is 3.72. The van der Waals surface area contributed by atoms with Gasteiger partial charge in [0.05, 0.1) is 18.1 Å². The van der Waals surface area contributed by atoms with Gasteiger partial charge in [-0.05, 0) is 20.8 Å². The van der Waals surface area contributed by atoms with Gasteiger partial charge in [0, 0.05) is 32.2 Å². The number of morpholine rings is 1. The van der Waals surface area contributed by atoms with Gasteiger partial charge in [-0.15, -0.1) is 0 Å². The Kier molecular flexibility index (Phi) is 3.90. The molecule has 22 heavy (non-hydrogen) atoms. The Hall–Kier alpha value is -1.89. The zero-order chi connectivity index (χ0) is 15.9. The van der Waals surface area contributed by atoms with Crippen molar-refractivity contribution in [3.63, 3.8) is 0 Å². The highest BCUT2D eigenvalue weighted by Crippen LogP contribution is 2.22. The Bertz CT molecular complexity index is 569. The van der Waals surface area contributed by atoms with E-state index in [0.29, 0.717) is 37.6 Å². The predicted molar refractivity (Wildman–Crippen MR) is 77.2 cm³/mol. The normalized spacial score (nSPS) is 26.0. The van der Waals surface area contributed by atoms with Gasteiger partial charge in [-0.25, -0.2) is 0 Å². The van der Waals surface area contributed by atoms with Crippen LogP contribution in [0.5, 0.6) is 0 Å². The number of likely N-dealkylation sites (tertiary alicyclic amines) is 1. The van der Waals surface area contributed by atoms with Crippen LogP contribution in [0.25, 0.3) is 0 Å². The summed E-state index contributed by atoms with van der Waals surface area (Å²) in [6.45, 7) is 7.82. The number of hydrogen-bond donors (Lipinski definition) is 0. The Morgan fingerprint density at radius 3 is 2.32 bits per heavy atom. The standard InChI is InChI=1S/C15H21N3O4/c1-9-4-13(16-22-9)15(20)18-7-12(8-18)14(19)17-5-10(2)21-11(3)6-17/h4,10-12H,5-8H2,1-3H3. The summed E-state index contributed by atoms with van der Waals surface area (Å²) < 4.78 is 10.6. The first-order chi connectivity index (χ1) is 10.4. The third kappa shape index (κ3) is 2.85. The fourth-order valence-electron chi connectivity index (χ4n) is 3.05. The van der Waals surface area contributed by atoms with Crippen molar-refractivity contribution in [3.05, 3.63) is 17.5 Å². The maximum atomic E-state index is 12.5. The van der Waals surface area contributed by atoms with Gasteiger partial charge in [-0.2, -0.15) is 0 Å². The lowest BCUT2D eigenvalue weighted by Crippen LogP contribution is -2.59. The molecule has 0 aromatic carbocycles. The first-order valence-electron chi connectivity index (χ1n) is 7.61. The number of hydrogen-bond acceptors (Lipinski definition) is 5. The van der Waals surface area contributed by atoms with Crippen molar-refractivity contribution in [1.82, 2.24) is 15.0 Å². The highest BCUT2D eigenvalue weighted by Gasteiger charge is 2.40. The maximum Gasteiger partial charge on any atom is 0.276 e. The largest absolute Gasteiger partial charge is 0.372 e. The van der Waals surface area contributed by atoms with Crippen LogP contribution in [0, 0.1) is 12.8 Å². The highest BCUT2D eigenvalue weighted by molar-refractivity contribution is 5.94. The molecular formula is C15H21N3O4. The molecule has 0 N–H and O–H groups in total. The lowest BCUT2D eigenvalue weighted by Gasteiger charge is -2.43. The summed E-state index contributed by atoms with van der Waals surface area (Å²) in [5.41, 5.74) is 0.303. The van der Waals surface area contributed by atoms with Crippen LogP contribution in [-0.2, 0) is 9.53 Å². The van der Waals surface area contributed by atoms with Gasteiger partial charge in [0.25, 0.3) is 5.91 Å². The Morgan fingerprint density at radius 2 is 1.77 bits per heavy atom. The van der Waals surface area contributed by atoms with Gasteiger partial charge in [-0.3, -0.25) is 9.59 Å². The third-order valence-electron chi connectivity index (χ3n) is 4.10. The molecule has 2 fully saturated rings. The first kappa shape index (κ1) is 15.0. The summed E-state index contributed by atoms with van der Waals surface area (Å²) in [6, 6.07) is 1.61. The SMILES string of the molecule is Cc1cc(C(=O)N2CC(C(=O)N3CC(C)OC(C)C3)C2)no1. The molecule has 2 aliphatic rings. The molecular weight excluding hydrogens is 286 g/mol. The lowest BCUT2D eigenvalue weighted by molar-refractivity contribution is -0.151. The predicted octanol–water partition coefficient (Wildman–Crippen LogP) is 0.691. The number of carbonyl (C=O) groups is 2. The lowest BCUT2D eigenvalue weighted by atomic mass is 9.97. The minimum Gasteiger partial charge on any atom is -0.372 e. The molecule has 1 aromatic heterocycles. The van der Waals surface area contributed by atoms with Gasteiger partial charge < -0.3 is 19.1 Å². The molecule has 0 radical (unpaired) electrons. The van der Waals surface area contributed by atoms with Crippen LogP contribution in [0.15, 0.2) is 10.6 Å².